The van der Waals surface area contributed by atoms with E-state index in [2.05, 4.69) is 52.2 Å². The van der Waals surface area contributed by atoms with E-state index in [1.165, 1.54) is 35.1 Å². The van der Waals surface area contributed by atoms with E-state index in [1.54, 1.807) is 0 Å². The third-order valence-electron chi connectivity index (χ3n) is 8.47. The number of hydrogen-bond donors (Lipinski definition) is 3. The Labute approximate surface area is 303 Å². The van der Waals surface area contributed by atoms with Crippen molar-refractivity contribution in [1.82, 2.24) is 15.2 Å². The molecule has 0 saturated carbocycles. The molecule has 1 saturated heterocycles. The van der Waals surface area contributed by atoms with Crippen molar-refractivity contribution in [2.75, 3.05) is 38.0 Å². The topological polar surface area (TPSA) is 152 Å². The first-order chi connectivity index (χ1) is 24.9. The Hall–Kier alpha value is -5.02. The Morgan fingerprint density at radius 2 is 1.65 bits per heavy atom. The standard InChI is InChI=1S/C37H37N5O7S2/c1-3-48-29(21-49-38-19-30(43)40-31-33(44)42-32(35(45)46)24(20-47-2)22-50-34(31)42)28-23-51-36(39-28)41-37(25-13-7-4-8-14-25,26-15-9-5-10-16-26)27-17-11-6-12-18-27/h4-19,23,29,31,34H,3,20-22H2,1-2H3,(H,39,41)(H,40,43)(H,45,46)/t29?,31?,34-/m0/s1. The lowest BCUT2D eigenvalue weighted by molar-refractivity contribution is -0.150. The van der Waals surface area contributed by atoms with Crippen LogP contribution in [0.3, 0.4) is 0 Å². The summed E-state index contributed by atoms with van der Waals surface area (Å²) in [5, 5.41) is 21.9. The van der Waals surface area contributed by atoms with Crippen molar-refractivity contribution < 1.29 is 33.8 Å². The van der Waals surface area contributed by atoms with E-state index in [0.717, 1.165) is 22.9 Å². The molecule has 0 spiro atoms. The predicted octanol–water partition coefficient (Wildman–Crippen LogP) is 5.01. The second-order valence-electron chi connectivity index (χ2n) is 11.6. The number of aliphatic carboxylic acids is 1. The van der Waals surface area contributed by atoms with E-state index in [-0.39, 0.29) is 18.9 Å². The van der Waals surface area contributed by atoms with Crippen LogP contribution in [0.4, 0.5) is 5.13 Å². The number of carboxylic acid groups (broad SMARTS) is 1. The number of thioether (sulfide) groups is 1. The second kappa shape index (κ2) is 16.3. The molecule has 0 radical (unpaired) electrons. The van der Waals surface area contributed by atoms with Gasteiger partial charge < -0.3 is 30.1 Å². The Morgan fingerprint density at radius 1 is 1.04 bits per heavy atom. The highest BCUT2D eigenvalue weighted by molar-refractivity contribution is 8.00. The number of nitrogens with zero attached hydrogens (tertiary/aromatic N) is 3. The number of methoxy groups -OCH3 is 1. The van der Waals surface area contributed by atoms with Crippen LogP contribution in [0.25, 0.3) is 0 Å². The average molecular weight is 728 g/mol. The number of carboxylic acids is 1. The van der Waals surface area contributed by atoms with E-state index >= 15 is 0 Å². The van der Waals surface area contributed by atoms with Crippen molar-refractivity contribution in [3.63, 3.8) is 0 Å². The number of nitrogens with one attached hydrogen (secondary N) is 2. The molecule has 0 aliphatic carbocycles. The molecule has 3 N–H and O–H groups in total. The minimum absolute atomic E-state index is 0.0222. The quantitative estimate of drug-likeness (QED) is 0.0622. The summed E-state index contributed by atoms with van der Waals surface area (Å²) >= 11 is 2.80. The van der Waals surface area contributed by atoms with Gasteiger partial charge in [0.15, 0.2) is 5.13 Å². The number of thiazole rings is 1. The van der Waals surface area contributed by atoms with Crippen molar-refractivity contribution in [3.05, 3.63) is 130 Å². The minimum atomic E-state index is -1.21. The monoisotopic (exact) mass is 727 g/mol. The number of carbonyl (C=O) groups excluding carboxylic acids is 2. The van der Waals surface area contributed by atoms with E-state index in [9.17, 15) is 19.5 Å². The highest BCUT2D eigenvalue weighted by atomic mass is 32.2. The molecule has 3 aromatic carbocycles. The molecular weight excluding hydrogens is 691 g/mol. The number of hydrogen-bond acceptors (Lipinski definition) is 11. The van der Waals surface area contributed by atoms with E-state index in [4.69, 9.17) is 19.3 Å². The molecule has 2 aliphatic rings. The zero-order chi connectivity index (χ0) is 35.8. The van der Waals surface area contributed by atoms with Gasteiger partial charge in [-0.1, -0.05) is 96.2 Å². The molecule has 0 bridgehead atoms. The molecule has 2 unspecified atom stereocenters. The molecule has 51 heavy (non-hydrogen) atoms. The lowest BCUT2D eigenvalue weighted by Crippen LogP contribution is -2.70. The van der Waals surface area contributed by atoms with Crippen LogP contribution in [-0.2, 0) is 34.2 Å². The SMILES string of the molecule is CCOC(CON=CC(=O)NC1C(=O)N2C(C(=O)O)=C(COC)CS[C@@H]12)c1csc(NC(c2ccccc2)(c2ccccc2)c2ccccc2)n1. The fraction of sp³-hybridized carbons (Fsp3) is 0.270. The summed E-state index contributed by atoms with van der Waals surface area (Å²) in [6.07, 6.45) is 0.364. The first-order valence-electron chi connectivity index (χ1n) is 16.2. The van der Waals surface area contributed by atoms with Crippen molar-refractivity contribution in [1.29, 1.82) is 0 Å². The summed E-state index contributed by atoms with van der Waals surface area (Å²) in [4.78, 5) is 48.9. The van der Waals surface area contributed by atoms with Gasteiger partial charge in [-0.2, -0.15) is 0 Å². The van der Waals surface area contributed by atoms with Gasteiger partial charge in [0, 0.05) is 24.8 Å². The van der Waals surface area contributed by atoms with Crippen molar-refractivity contribution in [3.8, 4) is 0 Å². The second-order valence-corrected chi connectivity index (χ2v) is 13.6. The molecule has 14 heteroatoms. The first kappa shape index (κ1) is 35.8. The summed E-state index contributed by atoms with van der Waals surface area (Å²) in [6, 6.07) is 29.8. The van der Waals surface area contributed by atoms with Gasteiger partial charge in [0.2, 0.25) is 0 Å². The summed E-state index contributed by atoms with van der Waals surface area (Å²) in [7, 11) is 1.46. The molecule has 1 fully saturated rings. The summed E-state index contributed by atoms with van der Waals surface area (Å²) in [5.74, 6) is -2.01. The number of benzene rings is 3. The fourth-order valence-electron chi connectivity index (χ4n) is 6.21. The summed E-state index contributed by atoms with van der Waals surface area (Å²) in [6.45, 7) is 2.33. The number of anilines is 1. The highest BCUT2D eigenvalue weighted by Gasteiger charge is 2.54. The molecule has 6 rings (SSSR count). The largest absolute Gasteiger partial charge is 0.477 e. The molecule has 2 amide bonds. The van der Waals surface area contributed by atoms with Gasteiger partial charge >= 0.3 is 5.97 Å². The third-order valence-corrected chi connectivity index (χ3v) is 10.6. The van der Waals surface area contributed by atoms with E-state index in [0.29, 0.717) is 28.8 Å². The molecule has 12 nitrogen and oxygen atoms in total. The van der Waals surface area contributed by atoms with Gasteiger partial charge in [-0.05, 0) is 29.2 Å². The van der Waals surface area contributed by atoms with Gasteiger partial charge in [0.05, 0.1) is 12.3 Å². The Kier molecular flexibility index (Phi) is 11.5. The number of β-lactam (4-membered cyclic amide) rings is 1. The van der Waals surface area contributed by atoms with Gasteiger partial charge in [0.1, 0.15) is 41.6 Å². The van der Waals surface area contributed by atoms with Crippen molar-refractivity contribution in [2.45, 2.75) is 30.0 Å². The molecule has 2 aliphatic heterocycles. The van der Waals surface area contributed by atoms with Crippen molar-refractivity contribution in [2.24, 2.45) is 5.16 Å². The zero-order valence-electron chi connectivity index (χ0n) is 27.9. The van der Waals surface area contributed by atoms with Crippen LogP contribution >= 0.6 is 23.1 Å². The van der Waals surface area contributed by atoms with Crippen molar-refractivity contribution >= 4 is 52.2 Å². The molecular formula is C37H37N5O7S2. The van der Waals surface area contributed by atoms with Crippen LogP contribution in [0, 0.1) is 0 Å². The molecule has 1 aromatic heterocycles. The average Bonchev–Trinajstić information content (AvgIpc) is 3.63. The Bertz CT molecular complexity index is 1790. The lowest BCUT2D eigenvalue weighted by atomic mass is 9.77. The first-order valence-corrected chi connectivity index (χ1v) is 18.2. The molecule has 4 aromatic rings. The number of fused-ring (bicyclic) bond motifs is 1. The van der Waals surface area contributed by atoms with Crippen LogP contribution in [0.1, 0.15) is 35.4 Å². The Morgan fingerprint density at radius 3 is 2.20 bits per heavy atom. The number of aromatic nitrogens is 1. The lowest BCUT2D eigenvalue weighted by Gasteiger charge is -2.49. The van der Waals surface area contributed by atoms with Crippen LogP contribution in [-0.4, -0.2) is 83.1 Å². The van der Waals surface area contributed by atoms with Crippen LogP contribution in [0.15, 0.2) is 113 Å². The molecule has 3 atom stereocenters. The smallest absolute Gasteiger partial charge is 0.352 e. The Balaban J connectivity index is 1.13. The summed E-state index contributed by atoms with van der Waals surface area (Å²) in [5.41, 5.74) is 3.44. The maximum Gasteiger partial charge on any atom is 0.352 e. The van der Waals surface area contributed by atoms with Crippen LogP contribution < -0.4 is 10.6 Å². The van der Waals surface area contributed by atoms with Gasteiger partial charge in [-0.15, -0.1) is 23.1 Å². The molecule has 3 heterocycles. The van der Waals surface area contributed by atoms with Crippen LogP contribution in [0.5, 0.6) is 0 Å². The number of amides is 2. The van der Waals surface area contributed by atoms with Crippen LogP contribution in [0.2, 0.25) is 0 Å². The number of carbonyl (C=O) groups is 3. The normalized spacial score (nSPS) is 17.8. The van der Waals surface area contributed by atoms with E-state index in [1.807, 2.05) is 66.9 Å². The van der Waals surface area contributed by atoms with Gasteiger partial charge in [0.25, 0.3) is 11.8 Å². The molecule has 264 valence electrons. The number of ether oxygens (including phenoxy) is 2. The van der Waals surface area contributed by atoms with Gasteiger partial charge in [-0.3, -0.25) is 14.5 Å². The predicted molar refractivity (Wildman–Crippen MR) is 195 cm³/mol. The van der Waals surface area contributed by atoms with Gasteiger partial charge in [-0.25, -0.2) is 9.78 Å². The highest BCUT2D eigenvalue weighted by Crippen LogP contribution is 2.42. The maximum atomic E-state index is 12.8. The third kappa shape index (κ3) is 7.54. The number of oxime groups is 1. The van der Waals surface area contributed by atoms with E-state index < -0.39 is 40.8 Å². The summed E-state index contributed by atoms with van der Waals surface area (Å²) < 4.78 is 11.0. The number of rotatable bonds is 16. The minimum Gasteiger partial charge on any atom is -0.477 e. The zero-order valence-corrected chi connectivity index (χ0v) is 29.6. The maximum absolute atomic E-state index is 12.8. The fourth-order valence-corrected chi connectivity index (χ4v) is 8.34.